The van der Waals surface area contributed by atoms with Gasteiger partial charge in [-0.15, -0.1) is 0 Å². The summed E-state index contributed by atoms with van der Waals surface area (Å²) in [7, 11) is -0.692. The number of benzene rings is 1. The van der Waals surface area contributed by atoms with Gasteiger partial charge in [-0.3, -0.25) is 9.69 Å². The second-order valence-electron chi connectivity index (χ2n) is 8.56. The van der Waals surface area contributed by atoms with Gasteiger partial charge >= 0.3 is 5.97 Å². The molecule has 5 heteroatoms. The van der Waals surface area contributed by atoms with Crippen LogP contribution in [0, 0.1) is 0 Å². The molecule has 1 saturated heterocycles. The second-order valence-corrected chi connectivity index (χ2v) is 11.3. The Bertz CT molecular complexity index is 553. The molecule has 0 amide bonds. The Hall–Kier alpha value is -1.17. The fourth-order valence-corrected chi connectivity index (χ4v) is 4.39. The molecule has 1 fully saturated rings. The summed E-state index contributed by atoms with van der Waals surface area (Å²) in [4.78, 5) is 13.9. The fourth-order valence-electron chi connectivity index (χ4n) is 3.39. The maximum atomic E-state index is 11.7. The van der Waals surface area contributed by atoms with Gasteiger partial charge in [-0.2, -0.15) is 0 Å². The van der Waals surface area contributed by atoms with Crippen LogP contribution in [-0.2, 0) is 15.8 Å². The molecule has 0 aromatic heterocycles. The van der Waals surface area contributed by atoms with Gasteiger partial charge in [0, 0.05) is 12.6 Å². The highest BCUT2D eigenvalue weighted by molar-refractivity contribution is 6.31. The molecule has 1 aromatic carbocycles. The number of rotatable bonds is 6. The Kier molecular flexibility index (Phi) is 5.89. The van der Waals surface area contributed by atoms with Crippen molar-refractivity contribution in [3.05, 3.63) is 35.9 Å². The molecule has 0 saturated carbocycles. The van der Waals surface area contributed by atoms with E-state index in [-0.39, 0.29) is 16.7 Å². The van der Waals surface area contributed by atoms with Crippen molar-refractivity contribution in [1.82, 2.24) is 4.90 Å². The predicted octanol–water partition coefficient (Wildman–Crippen LogP) is 3.20. The second kappa shape index (κ2) is 7.38. The largest absolute Gasteiger partial charge is 0.480 e. The minimum Gasteiger partial charge on any atom is -0.480 e. The van der Waals surface area contributed by atoms with Crippen molar-refractivity contribution < 1.29 is 14.3 Å². The van der Waals surface area contributed by atoms with Crippen LogP contribution in [0.1, 0.15) is 53.0 Å². The van der Waals surface area contributed by atoms with Gasteiger partial charge in [-0.1, -0.05) is 51.1 Å². The summed E-state index contributed by atoms with van der Waals surface area (Å²) in [5, 5.41) is 9.86. The normalized spacial score (nSPS) is 23.2. The Balaban J connectivity index is 2.18. The number of carbonyl (C=O) groups is 1. The number of likely N-dealkylation sites (tertiary alicyclic amines) is 1. The first-order valence-corrected chi connectivity index (χ1v) is 10.0. The van der Waals surface area contributed by atoms with E-state index in [2.05, 4.69) is 51.7 Å². The number of carboxylic acid groups (broad SMARTS) is 1. The summed E-state index contributed by atoms with van der Waals surface area (Å²) >= 11 is 0. The van der Waals surface area contributed by atoms with E-state index in [1.165, 1.54) is 0 Å². The van der Waals surface area contributed by atoms with E-state index >= 15 is 0 Å². The number of carboxylic acids is 1. The Morgan fingerprint density at radius 3 is 2.38 bits per heavy atom. The standard InChI is InChI=1S/C19H31NO3Si/c1-18(2,3)24-23-19(4,5)16-12-11-15(17(21)22)20(16)13-14-9-7-6-8-10-14/h6-10,15-16H,11-13,24H2,1-5H3,(H,21,22)/t15-,16+/m0/s1. The van der Waals surface area contributed by atoms with Gasteiger partial charge in [0.1, 0.15) is 6.04 Å². The molecule has 0 aliphatic carbocycles. The van der Waals surface area contributed by atoms with Crippen LogP contribution in [0.2, 0.25) is 5.04 Å². The number of nitrogens with zero attached hydrogens (tertiary/aromatic N) is 1. The van der Waals surface area contributed by atoms with Crippen molar-refractivity contribution in [2.45, 2.75) is 76.7 Å². The molecule has 1 N–H and O–H groups in total. The van der Waals surface area contributed by atoms with Crippen molar-refractivity contribution in [1.29, 1.82) is 0 Å². The Labute approximate surface area is 148 Å². The SMILES string of the molecule is CC(C)(C)[SiH2]OC(C)(C)[C@H]1CC[C@@H](C(=O)O)N1Cc1ccccc1. The Morgan fingerprint density at radius 1 is 1.21 bits per heavy atom. The molecule has 1 heterocycles. The lowest BCUT2D eigenvalue weighted by Crippen LogP contribution is -2.51. The average molecular weight is 350 g/mol. The van der Waals surface area contributed by atoms with Gasteiger partial charge in [-0.05, 0) is 37.3 Å². The molecule has 1 aliphatic heterocycles. The van der Waals surface area contributed by atoms with Crippen LogP contribution in [0.5, 0.6) is 0 Å². The molecule has 24 heavy (non-hydrogen) atoms. The highest BCUT2D eigenvalue weighted by atomic mass is 28.2. The minimum absolute atomic E-state index is 0.133. The molecule has 0 spiro atoms. The summed E-state index contributed by atoms with van der Waals surface area (Å²) in [5.74, 6) is -0.725. The number of aliphatic carboxylic acids is 1. The van der Waals surface area contributed by atoms with Gasteiger partial charge in [-0.25, -0.2) is 0 Å². The predicted molar refractivity (Wildman–Crippen MR) is 99.9 cm³/mol. The van der Waals surface area contributed by atoms with Crippen LogP contribution in [0.25, 0.3) is 0 Å². The quantitative estimate of drug-likeness (QED) is 0.801. The van der Waals surface area contributed by atoms with Crippen molar-refractivity contribution in [2.75, 3.05) is 0 Å². The maximum absolute atomic E-state index is 11.7. The molecule has 1 aromatic rings. The molecule has 0 bridgehead atoms. The van der Waals surface area contributed by atoms with Crippen molar-refractivity contribution >= 4 is 15.7 Å². The smallest absolute Gasteiger partial charge is 0.320 e. The molecular formula is C19H31NO3Si. The first-order chi connectivity index (χ1) is 11.1. The van der Waals surface area contributed by atoms with Crippen LogP contribution in [0.3, 0.4) is 0 Å². The molecule has 0 unspecified atom stereocenters. The monoisotopic (exact) mass is 349 g/mol. The average Bonchev–Trinajstić information content (AvgIpc) is 2.90. The van der Waals surface area contributed by atoms with Crippen LogP contribution in [0.4, 0.5) is 0 Å². The third-order valence-corrected chi connectivity index (χ3v) is 6.44. The lowest BCUT2D eigenvalue weighted by molar-refractivity contribution is -0.143. The third kappa shape index (κ3) is 4.91. The number of hydrogen-bond donors (Lipinski definition) is 1. The molecule has 134 valence electrons. The van der Waals surface area contributed by atoms with E-state index in [4.69, 9.17) is 4.43 Å². The van der Waals surface area contributed by atoms with Crippen LogP contribution in [0.15, 0.2) is 30.3 Å². The lowest BCUT2D eigenvalue weighted by Gasteiger charge is -2.41. The van der Waals surface area contributed by atoms with Gasteiger partial charge in [0.25, 0.3) is 0 Å². The molecule has 4 nitrogen and oxygen atoms in total. The van der Waals surface area contributed by atoms with Gasteiger partial charge < -0.3 is 9.53 Å². The maximum Gasteiger partial charge on any atom is 0.320 e. The zero-order valence-electron chi connectivity index (χ0n) is 15.6. The summed E-state index contributed by atoms with van der Waals surface area (Å²) in [6.07, 6.45) is 1.56. The zero-order chi connectivity index (χ0) is 18.0. The molecule has 2 rings (SSSR count). The minimum atomic E-state index is -0.725. The summed E-state index contributed by atoms with van der Waals surface area (Å²) in [5.41, 5.74) is 0.831. The van der Waals surface area contributed by atoms with E-state index in [1.54, 1.807) is 0 Å². The van der Waals surface area contributed by atoms with E-state index in [0.29, 0.717) is 13.0 Å². The van der Waals surface area contributed by atoms with Gasteiger partial charge in [0.15, 0.2) is 9.76 Å². The van der Waals surface area contributed by atoms with Crippen molar-refractivity contribution in [3.63, 3.8) is 0 Å². The highest BCUT2D eigenvalue weighted by Crippen LogP contribution is 2.36. The fraction of sp³-hybridized carbons (Fsp3) is 0.632. The van der Waals surface area contributed by atoms with Gasteiger partial charge in [0.2, 0.25) is 0 Å². The first-order valence-electron chi connectivity index (χ1n) is 8.76. The van der Waals surface area contributed by atoms with Crippen molar-refractivity contribution in [3.8, 4) is 0 Å². The first kappa shape index (κ1) is 19.2. The van der Waals surface area contributed by atoms with Crippen molar-refractivity contribution in [2.24, 2.45) is 0 Å². The van der Waals surface area contributed by atoms with E-state index in [0.717, 1.165) is 12.0 Å². The van der Waals surface area contributed by atoms with E-state index in [1.807, 2.05) is 18.2 Å². The third-order valence-electron chi connectivity index (χ3n) is 4.69. The molecule has 2 atom stereocenters. The van der Waals surface area contributed by atoms with Crippen LogP contribution in [-0.4, -0.2) is 43.4 Å². The van der Waals surface area contributed by atoms with E-state index < -0.39 is 21.8 Å². The molecular weight excluding hydrogens is 318 g/mol. The topological polar surface area (TPSA) is 49.8 Å². The summed E-state index contributed by atoms with van der Waals surface area (Å²) in [6.45, 7) is 11.5. The highest BCUT2D eigenvalue weighted by Gasteiger charge is 2.45. The van der Waals surface area contributed by atoms with Gasteiger partial charge in [0.05, 0.1) is 5.60 Å². The van der Waals surface area contributed by atoms with E-state index in [9.17, 15) is 9.90 Å². The summed E-state index contributed by atoms with van der Waals surface area (Å²) in [6, 6.07) is 9.83. The Morgan fingerprint density at radius 2 is 1.83 bits per heavy atom. The molecule has 1 aliphatic rings. The molecule has 0 radical (unpaired) electrons. The van der Waals surface area contributed by atoms with Crippen LogP contribution < -0.4 is 0 Å². The summed E-state index contributed by atoms with van der Waals surface area (Å²) < 4.78 is 6.38. The number of hydrogen-bond acceptors (Lipinski definition) is 3. The van der Waals surface area contributed by atoms with Crippen LogP contribution >= 0.6 is 0 Å². The lowest BCUT2D eigenvalue weighted by atomic mass is 9.96. The zero-order valence-corrected chi connectivity index (χ0v) is 17.0.